The van der Waals surface area contributed by atoms with Crippen molar-refractivity contribution in [1.82, 2.24) is 4.98 Å². The molecule has 0 aliphatic carbocycles. The number of benzene rings is 1. The molecule has 0 bridgehead atoms. The van der Waals surface area contributed by atoms with Crippen LogP contribution in [0.25, 0.3) is 0 Å². The number of anilines is 1. The Labute approximate surface area is 117 Å². The molecule has 7 heteroatoms. The molecular weight excluding hydrogens is 278 g/mol. The highest BCUT2D eigenvalue weighted by molar-refractivity contribution is 7.90. The highest BCUT2D eigenvalue weighted by atomic mass is 32.2. The number of nitrogens with one attached hydrogen (secondary N) is 1. The first-order valence-electron chi connectivity index (χ1n) is 5.84. The summed E-state index contributed by atoms with van der Waals surface area (Å²) in [6.45, 7) is 0.237. The fourth-order valence-corrected chi connectivity index (χ4v) is 2.30. The lowest BCUT2D eigenvalue weighted by Gasteiger charge is -2.10. The third-order valence-corrected chi connectivity index (χ3v) is 3.77. The number of nitrogens with zero attached hydrogens (tertiary/aromatic N) is 1. The number of hydrogen-bond donors (Lipinski definition) is 2. The number of hydrazine groups is 1. The molecule has 1 aromatic heterocycles. The highest BCUT2D eigenvalue weighted by Crippen LogP contribution is 2.19. The maximum Gasteiger partial charge on any atom is 0.175 e. The molecule has 0 atom stereocenters. The van der Waals surface area contributed by atoms with Crippen molar-refractivity contribution in [2.24, 2.45) is 5.84 Å². The number of hydrogen-bond acceptors (Lipinski definition) is 6. The van der Waals surface area contributed by atoms with Crippen LogP contribution in [-0.2, 0) is 16.4 Å². The Hall–Kier alpha value is -2.12. The number of rotatable bonds is 5. The summed E-state index contributed by atoms with van der Waals surface area (Å²) in [4.78, 5) is 4.27. The first-order chi connectivity index (χ1) is 9.50. The molecular formula is C13H15N3O3S. The minimum Gasteiger partial charge on any atom is -0.489 e. The van der Waals surface area contributed by atoms with Crippen molar-refractivity contribution in [2.45, 2.75) is 11.5 Å². The molecule has 0 saturated heterocycles. The van der Waals surface area contributed by atoms with Gasteiger partial charge in [-0.3, -0.25) is 0 Å². The van der Waals surface area contributed by atoms with E-state index >= 15 is 0 Å². The van der Waals surface area contributed by atoms with Gasteiger partial charge in [0.15, 0.2) is 9.84 Å². The van der Waals surface area contributed by atoms with Gasteiger partial charge in [-0.2, -0.15) is 0 Å². The van der Waals surface area contributed by atoms with Crippen LogP contribution >= 0.6 is 0 Å². The third kappa shape index (κ3) is 3.46. The molecule has 3 N–H and O–H groups in total. The summed E-state index contributed by atoms with van der Waals surface area (Å²) in [7, 11) is -3.25. The van der Waals surface area contributed by atoms with Gasteiger partial charge in [0.2, 0.25) is 0 Å². The maximum absolute atomic E-state index is 11.5. The van der Waals surface area contributed by atoms with E-state index in [0.29, 0.717) is 11.6 Å². The van der Waals surface area contributed by atoms with Crippen molar-refractivity contribution >= 4 is 15.7 Å². The number of nitrogen functional groups attached to an aromatic ring is 1. The smallest absolute Gasteiger partial charge is 0.175 e. The molecule has 0 aliphatic rings. The van der Waals surface area contributed by atoms with Gasteiger partial charge in [-0.1, -0.05) is 12.1 Å². The van der Waals surface area contributed by atoms with Gasteiger partial charge >= 0.3 is 0 Å². The van der Waals surface area contributed by atoms with Gasteiger partial charge < -0.3 is 10.2 Å². The monoisotopic (exact) mass is 293 g/mol. The lowest BCUT2D eigenvalue weighted by molar-refractivity contribution is 0.305. The van der Waals surface area contributed by atoms with E-state index in [1.807, 2.05) is 6.07 Å². The minimum atomic E-state index is -3.25. The Morgan fingerprint density at radius 1 is 1.30 bits per heavy atom. The fraction of sp³-hybridized carbons (Fsp3) is 0.154. The van der Waals surface area contributed by atoms with Gasteiger partial charge in [-0.15, -0.1) is 0 Å². The predicted octanol–water partition coefficient (Wildman–Crippen LogP) is 1.35. The zero-order valence-corrected chi connectivity index (χ0v) is 11.7. The lowest BCUT2D eigenvalue weighted by Crippen LogP contribution is -2.12. The molecule has 0 fully saturated rings. The van der Waals surface area contributed by atoms with Crippen molar-refractivity contribution in [3.05, 3.63) is 48.2 Å². The molecule has 6 nitrogen and oxygen atoms in total. The van der Waals surface area contributed by atoms with Crippen molar-refractivity contribution in [2.75, 3.05) is 11.7 Å². The van der Waals surface area contributed by atoms with Gasteiger partial charge in [0.25, 0.3) is 0 Å². The van der Waals surface area contributed by atoms with Gasteiger partial charge in [0, 0.05) is 18.0 Å². The first-order valence-corrected chi connectivity index (χ1v) is 7.73. The summed E-state index contributed by atoms with van der Waals surface area (Å²) in [5.74, 6) is 6.35. The van der Waals surface area contributed by atoms with Crippen molar-refractivity contribution in [3.8, 4) is 5.75 Å². The number of ether oxygens (including phenoxy) is 1. The topological polar surface area (TPSA) is 94.3 Å². The summed E-state index contributed by atoms with van der Waals surface area (Å²) in [5, 5.41) is 0. The molecule has 0 amide bonds. The van der Waals surface area contributed by atoms with Gasteiger partial charge in [0.05, 0.1) is 4.90 Å². The van der Waals surface area contributed by atoms with E-state index in [0.717, 1.165) is 11.8 Å². The third-order valence-electron chi connectivity index (χ3n) is 2.66. The van der Waals surface area contributed by atoms with Crippen LogP contribution < -0.4 is 16.0 Å². The second-order valence-electron chi connectivity index (χ2n) is 4.19. The van der Waals surface area contributed by atoms with E-state index in [9.17, 15) is 8.42 Å². The van der Waals surface area contributed by atoms with E-state index in [4.69, 9.17) is 10.6 Å². The summed E-state index contributed by atoms with van der Waals surface area (Å²) in [6.07, 6.45) is 2.77. The van der Waals surface area contributed by atoms with E-state index in [1.54, 1.807) is 24.4 Å². The highest BCUT2D eigenvalue weighted by Gasteiger charge is 2.08. The summed E-state index contributed by atoms with van der Waals surface area (Å²) in [6, 6.07) is 9.94. The van der Waals surface area contributed by atoms with Crippen LogP contribution in [-0.4, -0.2) is 19.7 Å². The van der Waals surface area contributed by atoms with Crippen LogP contribution in [0.15, 0.2) is 47.5 Å². The van der Waals surface area contributed by atoms with Crippen LogP contribution in [0.1, 0.15) is 5.56 Å². The number of nitrogens with two attached hydrogens (primary N) is 1. The number of aromatic nitrogens is 1. The lowest BCUT2D eigenvalue weighted by atomic mass is 10.2. The zero-order valence-electron chi connectivity index (χ0n) is 10.9. The molecule has 0 unspecified atom stereocenters. The van der Waals surface area contributed by atoms with Gasteiger partial charge in [-0.25, -0.2) is 19.2 Å². The second kappa shape index (κ2) is 5.89. The van der Waals surface area contributed by atoms with Crippen LogP contribution in [0.5, 0.6) is 5.75 Å². The average molecular weight is 293 g/mol. The molecule has 20 heavy (non-hydrogen) atoms. The Balaban J connectivity index is 2.15. The quantitative estimate of drug-likeness (QED) is 0.638. The van der Waals surface area contributed by atoms with E-state index in [2.05, 4.69) is 10.4 Å². The molecule has 0 spiro atoms. The molecule has 0 aliphatic heterocycles. The first kappa shape index (κ1) is 14.3. The van der Waals surface area contributed by atoms with Crippen molar-refractivity contribution in [1.29, 1.82) is 0 Å². The predicted molar refractivity (Wildman–Crippen MR) is 75.9 cm³/mol. The minimum absolute atomic E-state index is 0.221. The molecule has 106 valence electrons. The second-order valence-corrected chi connectivity index (χ2v) is 6.21. The standard InChI is InChI=1S/C13H15N3O3S/c1-20(17,18)12-6-2-5-11(8-12)19-9-10-4-3-7-15-13(10)16-14/h2-8H,9,14H2,1H3,(H,15,16). The van der Waals surface area contributed by atoms with Crippen molar-refractivity contribution in [3.63, 3.8) is 0 Å². The van der Waals surface area contributed by atoms with Crippen LogP contribution in [0.3, 0.4) is 0 Å². The summed E-state index contributed by atoms with van der Waals surface area (Å²) < 4.78 is 28.5. The van der Waals surface area contributed by atoms with Crippen LogP contribution in [0, 0.1) is 0 Å². The normalized spacial score (nSPS) is 11.1. The maximum atomic E-state index is 11.5. The SMILES string of the molecule is CS(=O)(=O)c1cccc(OCc2cccnc2NN)c1. The largest absolute Gasteiger partial charge is 0.489 e. The van der Waals surface area contributed by atoms with E-state index in [-0.39, 0.29) is 11.5 Å². The summed E-state index contributed by atoms with van der Waals surface area (Å²) in [5.41, 5.74) is 3.26. The number of sulfone groups is 1. The molecule has 2 aromatic rings. The van der Waals surface area contributed by atoms with E-state index < -0.39 is 9.84 Å². The van der Waals surface area contributed by atoms with Gasteiger partial charge in [0.1, 0.15) is 18.2 Å². The molecule has 0 saturated carbocycles. The Morgan fingerprint density at radius 3 is 2.80 bits per heavy atom. The summed E-state index contributed by atoms with van der Waals surface area (Å²) >= 11 is 0. The van der Waals surface area contributed by atoms with E-state index in [1.165, 1.54) is 12.1 Å². The van der Waals surface area contributed by atoms with Crippen LogP contribution in [0.2, 0.25) is 0 Å². The Bertz CT molecular complexity index is 702. The van der Waals surface area contributed by atoms with Gasteiger partial charge in [-0.05, 0) is 24.3 Å². The fourth-order valence-electron chi connectivity index (χ4n) is 1.64. The molecule has 1 aromatic carbocycles. The number of pyridine rings is 1. The van der Waals surface area contributed by atoms with Crippen molar-refractivity contribution < 1.29 is 13.2 Å². The average Bonchev–Trinajstić information content (AvgIpc) is 2.45. The van der Waals surface area contributed by atoms with Crippen LogP contribution in [0.4, 0.5) is 5.82 Å². The molecule has 1 heterocycles. The molecule has 2 rings (SSSR count). The zero-order chi connectivity index (χ0) is 14.6. The Kier molecular flexibility index (Phi) is 4.21. The molecule has 0 radical (unpaired) electrons. The Morgan fingerprint density at radius 2 is 2.10 bits per heavy atom.